The van der Waals surface area contributed by atoms with Crippen molar-refractivity contribution in [2.75, 3.05) is 7.11 Å². The van der Waals surface area contributed by atoms with E-state index in [1.165, 1.54) is 7.11 Å². The molecule has 4 heteroatoms. The molecule has 1 heterocycles. The number of nitrogens with zero attached hydrogens (tertiary/aromatic N) is 1. The number of fused-ring (bicyclic) bond motifs is 1. The van der Waals surface area contributed by atoms with Gasteiger partial charge in [-0.15, -0.1) is 0 Å². The van der Waals surface area contributed by atoms with Crippen molar-refractivity contribution in [1.82, 2.24) is 4.98 Å². The summed E-state index contributed by atoms with van der Waals surface area (Å²) < 4.78 is 4.79. The monoisotopic (exact) mass is 298 g/mol. The van der Waals surface area contributed by atoms with E-state index in [2.05, 4.69) is 11.1 Å². The molecule has 0 amide bonds. The van der Waals surface area contributed by atoms with E-state index in [9.17, 15) is 4.79 Å². The Morgan fingerprint density at radius 1 is 1.32 bits per heavy atom. The van der Waals surface area contributed by atoms with Crippen LogP contribution >= 0.6 is 0 Å². The molecule has 2 N–H and O–H groups in total. The fourth-order valence-corrected chi connectivity index (χ4v) is 2.18. The van der Waals surface area contributed by atoms with Crippen molar-refractivity contribution in [3.8, 4) is 0 Å². The molecular weight excluding hydrogens is 276 g/mol. The van der Waals surface area contributed by atoms with Gasteiger partial charge in [-0.2, -0.15) is 0 Å². The first kappa shape index (κ1) is 16.2. The summed E-state index contributed by atoms with van der Waals surface area (Å²) in [6.07, 6.45) is 5.47. The second-order valence-corrected chi connectivity index (χ2v) is 6.05. The van der Waals surface area contributed by atoms with Crippen LogP contribution in [-0.4, -0.2) is 18.1 Å². The van der Waals surface area contributed by atoms with Crippen LogP contribution in [0.5, 0.6) is 0 Å². The summed E-state index contributed by atoms with van der Waals surface area (Å²) in [6.45, 7) is 5.58. The molecule has 0 saturated carbocycles. The number of nitrogens with two attached hydrogens (primary N) is 1. The van der Waals surface area contributed by atoms with Crippen molar-refractivity contribution in [3.05, 3.63) is 47.8 Å². The summed E-state index contributed by atoms with van der Waals surface area (Å²) >= 11 is 0. The molecule has 0 aliphatic carbocycles. The molecule has 0 aliphatic rings. The zero-order valence-corrected chi connectivity index (χ0v) is 13.5. The van der Waals surface area contributed by atoms with E-state index < -0.39 is 5.41 Å². The highest BCUT2D eigenvalue weighted by Gasteiger charge is 2.25. The van der Waals surface area contributed by atoms with Gasteiger partial charge in [-0.25, -0.2) is 0 Å². The molecular formula is C18H22N2O2. The van der Waals surface area contributed by atoms with Gasteiger partial charge in [0, 0.05) is 17.6 Å². The second-order valence-electron chi connectivity index (χ2n) is 6.05. The van der Waals surface area contributed by atoms with Gasteiger partial charge in [0.25, 0.3) is 0 Å². The van der Waals surface area contributed by atoms with Crippen molar-refractivity contribution in [2.24, 2.45) is 11.1 Å². The molecule has 2 rings (SSSR count). The molecule has 0 radical (unpaired) electrons. The number of ether oxygens (including phenoxy) is 1. The number of hydrogen-bond acceptors (Lipinski definition) is 4. The van der Waals surface area contributed by atoms with E-state index in [0.717, 1.165) is 22.0 Å². The van der Waals surface area contributed by atoms with Crippen LogP contribution in [0.4, 0.5) is 0 Å². The number of benzene rings is 1. The van der Waals surface area contributed by atoms with Crippen LogP contribution in [0.1, 0.15) is 38.1 Å². The van der Waals surface area contributed by atoms with Crippen LogP contribution in [0.2, 0.25) is 0 Å². The topological polar surface area (TPSA) is 65.2 Å². The lowest BCUT2D eigenvalue weighted by atomic mass is 9.93. The highest BCUT2D eigenvalue weighted by atomic mass is 16.5. The molecule has 0 unspecified atom stereocenters. The first-order valence-electron chi connectivity index (χ1n) is 7.26. The summed E-state index contributed by atoms with van der Waals surface area (Å²) in [6, 6.07) is 8.10. The van der Waals surface area contributed by atoms with Crippen LogP contribution in [-0.2, 0) is 9.53 Å². The summed E-state index contributed by atoms with van der Waals surface area (Å²) in [4.78, 5) is 16.1. The van der Waals surface area contributed by atoms with Gasteiger partial charge in [-0.05, 0) is 49.9 Å². The van der Waals surface area contributed by atoms with Crippen LogP contribution in [0, 0.1) is 5.41 Å². The van der Waals surface area contributed by atoms with Gasteiger partial charge in [0.15, 0.2) is 0 Å². The summed E-state index contributed by atoms with van der Waals surface area (Å²) in [5.74, 6) is -0.274. The molecule has 1 atom stereocenters. The van der Waals surface area contributed by atoms with E-state index in [1.54, 1.807) is 0 Å². The Morgan fingerprint density at radius 3 is 2.68 bits per heavy atom. The number of methoxy groups -OCH3 is 1. The maximum Gasteiger partial charge on any atom is 0.315 e. The van der Waals surface area contributed by atoms with Crippen molar-refractivity contribution in [3.63, 3.8) is 0 Å². The third-order valence-corrected chi connectivity index (χ3v) is 3.67. The lowest BCUT2D eigenvalue weighted by molar-refractivity contribution is -0.148. The minimum Gasteiger partial charge on any atom is -0.468 e. The average molecular weight is 298 g/mol. The first-order chi connectivity index (χ1) is 10.3. The van der Waals surface area contributed by atoms with Crippen molar-refractivity contribution in [1.29, 1.82) is 0 Å². The minimum absolute atomic E-state index is 0.00480. The molecule has 0 saturated heterocycles. The molecule has 0 spiro atoms. The Bertz CT molecular complexity index is 718. The van der Waals surface area contributed by atoms with Crippen molar-refractivity contribution < 1.29 is 9.53 Å². The maximum absolute atomic E-state index is 11.7. The summed E-state index contributed by atoms with van der Waals surface area (Å²) in [7, 11) is 1.39. The van der Waals surface area contributed by atoms with E-state index >= 15 is 0 Å². The Morgan fingerprint density at radius 2 is 2.05 bits per heavy atom. The summed E-state index contributed by atoms with van der Waals surface area (Å²) in [5.41, 5.74) is 7.13. The van der Waals surface area contributed by atoms with Crippen LogP contribution in [0.25, 0.3) is 16.8 Å². The predicted molar refractivity (Wildman–Crippen MR) is 89.2 cm³/mol. The molecule has 0 fully saturated rings. The van der Waals surface area contributed by atoms with Gasteiger partial charge < -0.3 is 10.5 Å². The van der Waals surface area contributed by atoms with Gasteiger partial charge in [-0.3, -0.25) is 9.78 Å². The highest BCUT2D eigenvalue weighted by molar-refractivity contribution is 5.84. The second kappa shape index (κ2) is 6.28. The van der Waals surface area contributed by atoms with E-state index in [-0.39, 0.29) is 12.0 Å². The Labute approximate surface area is 131 Å². The fourth-order valence-electron chi connectivity index (χ4n) is 2.18. The fraction of sp³-hybridized carbons (Fsp3) is 0.333. The molecule has 22 heavy (non-hydrogen) atoms. The Balaban J connectivity index is 2.34. The SMILES string of the molecule is COC(=O)C(C)(C)/C=C/c1cc2cc([C@@H](C)N)ccc2cn1. The van der Waals surface area contributed by atoms with Gasteiger partial charge in [0.1, 0.15) is 0 Å². The van der Waals surface area contributed by atoms with Crippen LogP contribution in [0.3, 0.4) is 0 Å². The third kappa shape index (κ3) is 3.52. The standard InChI is InChI=1S/C18H22N2O2/c1-12(19)13-5-6-14-11-20-16(10-15(14)9-13)7-8-18(2,3)17(21)22-4/h5-12H,19H2,1-4H3/b8-7+/t12-/m1/s1. The maximum atomic E-state index is 11.7. The van der Waals surface area contributed by atoms with Crippen molar-refractivity contribution >= 4 is 22.8 Å². The molecule has 116 valence electrons. The normalized spacial score (nSPS) is 13.5. The molecule has 4 nitrogen and oxygen atoms in total. The Hall–Kier alpha value is -2.20. The van der Waals surface area contributed by atoms with Crippen LogP contribution in [0.15, 0.2) is 36.5 Å². The number of hydrogen-bond donors (Lipinski definition) is 1. The lowest BCUT2D eigenvalue weighted by Crippen LogP contribution is -2.22. The Kier molecular flexibility index (Phi) is 4.62. The minimum atomic E-state index is -0.682. The third-order valence-electron chi connectivity index (χ3n) is 3.67. The van der Waals surface area contributed by atoms with Crippen LogP contribution < -0.4 is 5.73 Å². The lowest BCUT2D eigenvalue weighted by Gasteiger charge is -2.16. The number of aromatic nitrogens is 1. The predicted octanol–water partition coefficient (Wildman–Crippen LogP) is 3.47. The quantitative estimate of drug-likeness (QED) is 0.878. The number of esters is 1. The number of pyridine rings is 1. The molecule has 0 aliphatic heterocycles. The smallest absolute Gasteiger partial charge is 0.315 e. The number of carbonyl (C=O) groups excluding carboxylic acids is 1. The van der Waals surface area contributed by atoms with Gasteiger partial charge in [0.05, 0.1) is 18.2 Å². The van der Waals surface area contributed by atoms with Crippen molar-refractivity contribution in [2.45, 2.75) is 26.8 Å². The number of rotatable bonds is 4. The van der Waals surface area contributed by atoms with Gasteiger partial charge >= 0.3 is 5.97 Å². The van der Waals surface area contributed by atoms with E-state index in [4.69, 9.17) is 10.5 Å². The summed E-state index contributed by atoms with van der Waals surface area (Å²) in [5, 5.41) is 2.15. The zero-order valence-electron chi connectivity index (χ0n) is 13.5. The van der Waals surface area contributed by atoms with Gasteiger partial charge in [0.2, 0.25) is 0 Å². The van der Waals surface area contributed by atoms with E-state index in [0.29, 0.717) is 0 Å². The molecule has 2 aromatic rings. The largest absolute Gasteiger partial charge is 0.468 e. The van der Waals surface area contributed by atoms with Gasteiger partial charge in [-0.1, -0.05) is 18.2 Å². The number of carbonyl (C=O) groups is 1. The van der Waals surface area contributed by atoms with E-state index in [1.807, 2.05) is 57.3 Å². The highest BCUT2D eigenvalue weighted by Crippen LogP contribution is 2.23. The molecule has 0 bridgehead atoms. The zero-order chi connectivity index (χ0) is 16.3. The average Bonchev–Trinajstić information content (AvgIpc) is 2.51. The molecule has 1 aromatic heterocycles. The molecule has 1 aromatic carbocycles. The first-order valence-corrected chi connectivity index (χ1v) is 7.26.